The van der Waals surface area contributed by atoms with Gasteiger partial charge in [0.05, 0.1) is 0 Å². The maximum absolute atomic E-state index is 3.90. The zero-order valence-electron chi connectivity index (χ0n) is 31.9. The van der Waals surface area contributed by atoms with E-state index < -0.39 is 0 Å². The van der Waals surface area contributed by atoms with Crippen LogP contribution in [0.2, 0.25) is 0 Å². The van der Waals surface area contributed by atoms with Crippen molar-refractivity contribution < 1.29 is 0 Å². The van der Waals surface area contributed by atoms with Gasteiger partial charge < -0.3 is 9.80 Å². The van der Waals surface area contributed by atoms with E-state index >= 15 is 0 Å². The second kappa shape index (κ2) is 16.1. The normalized spacial score (nSPS) is 10.9. The third kappa shape index (κ3) is 7.84. The molecule has 0 fully saturated rings. The van der Waals surface area contributed by atoms with Crippen LogP contribution in [-0.4, -0.2) is 0 Å². The average molecular weight is 701 g/mol. The highest BCUT2D eigenvalue weighted by Crippen LogP contribution is 2.39. The molecule has 0 spiro atoms. The summed E-state index contributed by atoms with van der Waals surface area (Å²) in [4.78, 5) is 4.67. The van der Waals surface area contributed by atoms with Crippen LogP contribution in [0.1, 0.15) is 33.4 Å². The topological polar surface area (TPSA) is 6.48 Å². The molecule has 0 aliphatic heterocycles. The highest BCUT2D eigenvalue weighted by atomic mass is 15.1. The average Bonchev–Trinajstić information content (AvgIpc) is 3.20. The van der Waals surface area contributed by atoms with E-state index in [-0.39, 0.29) is 0 Å². The molecule has 0 bridgehead atoms. The van der Waals surface area contributed by atoms with Crippen LogP contribution in [0.15, 0.2) is 183 Å². The molecule has 0 atom stereocenters. The van der Waals surface area contributed by atoms with Gasteiger partial charge in [0.2, 0.25) is 0 Å². The van der Waals surface area contributed by atoms with Gasteiger partial charge in [0.25, 0.3) is 0 Å². The Hall–Kier alpha value is -6.38. The van der Waals surface area contributed by atoms with Crippen molar-refractivity contribution >= 4 is 34.1 Å². The second-order valence-corrected chi connectivity index (χ2v) is 14.2. The lowest BCUT2D eigenvalue weighted by Crippen LogP contribution is -2.10. The number of hydrogen-bond acceptors (Lipinski definition) is 2. The summed E-state index contributed by atoms with van der Waals surface area (Å²) < 4.78 is 0. The molecule has 2 heteroatoms. The van der Waals surface area contributed by atoms with Gasteiger partial charge in [0, 0.05) is 34.1 Å². The smallest absolute Gasteiger partial charge is 0.0464 e. The third-order valence-electron chi connectivity index (χ3n) is 10.4. The Morgan fingerprint density at radius 3 is 0.870 bits per heavy atom. The number of rotatable bonds is 12. The monoisotopic (exact) mass is 700 g/mol. The van der Waals surface area contributed by atoms with Gasteiger partial charge in [-0.15, -0.1) is 13.2 Å². The van der Waals surface area contributed by atoms with E-state index in [2.05, 4.69) is 208 Å². The summed E-state index contributed by atoms with van der Waals surface area (Å²) in [6.07, 6.45) is 5.62. The van der Waals surface area contributed by atoms with E-state index in [9.17, 15) is 0 Å². The molecule has 0 aromatic heterocycles. The van der Waals surface area contributed by atoms with E-state index in [1.165, 1.54) is 55.6 Å². The van der Waals surface area contributed by atoms with Crippen molar-refractivity contribution in [3.63, 3.8) is 0 Å². The van der Waals surface area contributed by atoms with Crippen molar-refractivity contribution in [2.75, 3.05) is 9.80 Å². The van der Waals surface area contributed by atoms with Crippen molar-refractivity contribution in [1.29, 1.82) is 0 Å². The van der Waals surface area contributed by atoms with E-state index in [0.29, 0.717) is 0 Å². The van der Waals surface area contributed by atoms with Crippen molar-refractivity contribution in [1.82, 2.24) is 0 Å². The maximum atomic E-state index is 3.90. The number of anilines is 6. The van der Waals surface area contributed by atoms with Crippen molar-refractivity contribution in [3.05, 3.63) is 216 Å². The highest BCUT2D eigenvalue weighted by molar-refractivity contribution is 5.81. The lowest BCUT2D eigenvalue weighted by atomic mass is 9.99. The minimum absolute atomic E-state index is 0.862. The van der Waals surface area contributed by atoms with Crippen LogP contribution < -0.4 is 9.80 Å². The molecule has 266 valence electrons. The van der Waals surface area contributed by atoms with Crippen LogP contribution in [0.3, 0.4) is 0 Å². The number of allylic oxidation sites excluding steroid dienone is 2. The summed E-state index contributed by atoms with van der Waals surface area (Å²) in [6, 6.07) is 57.7. The Kier molecular flexibility index (Phi) is 10.7. The molecule has 0 heterocycles. The first kappa shape index (κ1) is 36.0. The van der Waals surface area contributed by atoms with Crippen LogP contribution in [0.25, 0.3) is 22.3 Å². The highest BCUT2D eigenvalue weighted by Gasteiger charge is 2.16. The largest absolute Gasteiger partial charge is 0.310 e. The van der Waals surface area contributed by atoms with Gasteiger partial charge in [0.1, 0.15) is 0 Å². The zero-order valence-corrected chi connectivity index (χ0v) is 31.9. The van der Waals surface area contributed by atoms with Gasteiger partial charge in [-0.2, -0.15) is 0 Å². The number of nitrogens with zero attached hydrogens (tertiary/aromatic N) is 2. The SMILES string of the molecule is C=CCc1ccc(N(c2ccc(-c3ccc(-c4ccc(N(c5ccc(CC=C)cc5)c5ccc(C)c(C)c5)cc4)cc3)cc2)c2ccc(C)c(C)c2)cc1. The summed E-state index contributed by atoms with van der Waals surface area (Å²) in [5.41, 5.74) is 19.2. The fourth-order valence-corrected chi connectivity index (χ4v) is 6.98. The molecule has 2 nitrogen and oxygen atoms in total. The predicted octanol–water partition coefficient (Wildman–Crippen LogP) is 14.7. The third-order valence-corrected chi connectivity index (χ3v) is 10.4. The summed E-state index contributed by atoms with van der Waals surface area (Å²) in [5.74, 6) is 0. The quantitative estimate of drug-likeness (QED) is 0.117. The minimum Gasteiger partial charge on any atom is -0.310 e. The van der Waals surface area contributed by atoms with Crippen LogP contribution in [-0.2, 0) is 12.8 Å². The van der Waals surface area contributed by atoms with Gasteiger partial charge in [-0.3, -0.25) is 0 Å². The van der Waals surface area contributed by atoms with E-state index in [0.717, 1.165) is 47.0 Å². The van der Waals surface area contributed by atoms with E-state index in [1.807, 2.05) is 12.2 Å². The Labute approximate surface area is 322 Å². The number of benzene rings is 7. The molecule has 7 rings (SSSR count). The first-order valence-corrected chi connectivity index (χ1v) is 18.8. The molecule has 0 saturated heterocycles. The molecule has 0 radical (unpaired) electrons. The summed E-state index contributed by atoms with van der Waals surface area (Å²) in [6.45, 7) is 16.5. The van der Waals surface area contributed by atoms with Gasteiger partial charge >= 0.3 is 0 Å². The maximum Gasteiger partial charge on any atom is 0.0464 e. The molecule has 0 aliphatic rings. The molecule has 7 aromatic carbocycles. The van der Waals surface area contributed by atoms with Gasteiger partial charge in [-0.05, 0) is 169 Å². The molecule has 0 N–H and O–H groups in total. The lowest BCUT2D eigenvalue weighted by molar-refractivity contribution is 1.23. The molecule has 7 aromatic rings. The standard InChI is InChI=1S/C52H48N2/c1-7-9-41-13-27-47(28-14-41)53(51-25-11-37(3)39(5)35-51)49-31-21-45(22-32-49)43-17-19-44(20-18-43)46-23-33-50(34-24-46)54(52-26-12-38(4)40(6)36-52)48-29-15-42(10-8-2)16-30-48/h7-8,11-36H,1-2,9-10H2,3-6H3. The fraction of sp³-hybridized carbons (Fsp3) is 0.115. The number of hydrogen-bond donors (Lipinski definition) is 0. The van der Waals surface area contributed by atoms with E-state index in [4.69, 9.17) is 0 Å². The summed E-state index contributed by atoms with van der Waals surface area (Å²) >= 11 is 0. The van der Waals surface area contributed by atoms with Crippen molar-refractivity contribution in [2.45, 2.75) is 40.5 Å². The Morgan fingerprint density at radius 1 is 0.333 bits per heavy atom. The predicted molar refractivity (Wildman–Crippen MR) is 233 cm³/mol. The summed E-state index contributed by atoms with van der Waals surface area (Å²) in [7, 11) is 0. The minimum atomic E-state index is 0.862. The van der Waals surface area contributed by atoms with Crippen molar-refractivity contribution in [2.24, 2.45) is 0 Å². The lowest BCUT2D eigenvalue weighted by Gasteiger charge is -2.26. The first-order chi connectivity index (χ1) is 26.3. The van der Waals surface area contributed by atoms with Crippen LogP contribution >= 0.6 is 0 Å². The Morgan fingerprint density at radius 2 is 0.593 bits per heavy atom. The van der Waals surface area contributed by atoms with Crippen molar-refractivity contribution in [3.8, 4) is 22.3 Å². The Balaban J connectivity index is 1.13. The van der Waals surface area contributed by atoms with Crippen LogP contribution in [0, 0.1) is 27.7 Å². The molecule has 0 unspecified atom stereocenters. The second-order valence-electron chi connectivity index (χ2n) is 14.2. The van der Waals surface area contributed by atoms with Gasteiger partial charge in [0.15, 0.2) is 0 Å². The van der Waals surface area contributed by atoms with Gasteiger partial charge in [-0.1, -0.05) is 97.1 Å². The van der Waals surface area contributed by atoms with Crippen LogP contribution in [0.5, 0.6) is 0 Å². The van der Waals surface area contributed by atoms with Gasteiger partial charge in [-0.25, -0.2) is 0 Å². The molecular weight excluding hydrogens is 653 g/mol. The Bertz CT molecular complexity index is 2190. The molecule has 0 saturated carbocycles. The molecule has 0 amide bonds. The fourth-order valence-electron chi connectivity index (χ4n) is 6.98. The van der Waals surface area contributed by atoms with Crippen LogP contribution in [0.4, 0.5) is 34.1 Å². The summed E-state index contributed by atoms with van der Waals surface area (Å²) in [5, 5.41) is 0. The number of aryl methyl sites for hydroxylation is 4. The van der Waals surface area contributed by atoms with E-state index in [1.54, 1.807) is 0 Å². The first-order valence-electron chi connectivity index (χ1n) is 18.8. The molecular formula is C52H48N2. The molecule has 0 aliphatic carbocycles. The molecule has 54 heavy (non-hydrogen) atoms. The zero-order chi connectivity index (χ0) is 37.6.